The minimum Gasteiger partial charge on any atom is -0.378 e. The second-order valence-electron chi connectivity index (χ2n) is 4.10. The van der Waals surface area contributed by atoms with Crippen LogP contribution in [0.1, 0.15) is 25.7 Å². The molecule has 7 nitrogen and oxygen atoms in total. The van der Waals surface area contributed by atoms with Crippen molar-refractivity contribution < 1.29 is 4.92 Å². The molecule has 1 aliphatic rings. The average molecular weight is 237 g/mol. The largest absolute Gasteiger partial charge is 0.378 e. The van der Waals surface area contributed by atoms with Crippen molar-refractivity contribution in [2.45, 2.75) is 25.7 Å². The van der Waals surface area contributed by atoms with Crippen molar-refractivity contribution in [2.24, 2.45) is 0 Å². The molecule has 0 aromatic carbocycles. The SMILES string of the molecule is Nc1nc(N2CCCCCC2)ncc1[N+](=O)[O-]. The van der Waals surface area contributed by atoms with E-state index >= 15 is 0 Å². The normalized spacial score (nSPS) is 16.6. The van der Waals surface area contributed by atoms with Crippen molar-refractivity contribution in [3.63, 3.8) is 0 Å². The molecule has 0 saturated carbocycles. The van der Waals surface area contributed by atoms with Gasteiger partial charge in [0.2, 0.25) is 11.8 Å². The number of aromatic nitrogens is 2. The fourth-order valence-corrected chi connectivity index (χ4v) is 1.94. The van der Waals surface area contributed by atoms with Crippen LogP contribution < -0.4 is 10.6 Å². The molecule has 2 rings (SSSR count). The van der Waals surface area contributed by atoms with Crippen LogP contribution in [-0.2, 0) is 0 Å². The number of anilines is 2. The van der Waals surface area contributed by atoms with Crippen LogP contribution in [0.5, 0.6) is 0 Å². The maximum Gasteiger partial charge on any atom is 0.329 e. The van der Waals surface area contributed by atoms with Gasteiger partial charge in [-0.2, -0.15) is 4.98 Å². The Bertz CT molecular complexity index is 415. The Labute approximate surface area is 98.8 Å². The first-order valence-corrected chi connectivity index (χ1v) is 5.70. The summed E-state index contributed by atoms with van der Waals surface area (Å²) in [4.78, 5) is 20.1. The molecular formula is C10H15N5O2. The van der Waals surface area contributed by atoms with Gasteiger partial charge in [0.15, 0.2) is 0 Å². The quantitative estimate of drug-likeness (QED) is 0.615. The molecule has 0 unspecified atom stereocenters. The first kappa shape index (κ1) is 11.6. The van der Waals surface area contributed by atoms with Crippen molar-refractivity contribution in [2.75, 3.05) is 23.7 Å². The summed E-state index contributed by atoms with van der Waals surface area (Å²) < 4.78 is 0. The lowest BCUT2D eigenvalue weighted by Crippen LogP contribution is -2.26. The summed E-state index contributed by atoms with van der Waals surface area (Å²) in [6.45, 7) is 1.77. The lowest BCUT2D eigenvalue weighted by atomic mass is 10.2. The third-order valence-corrected chi connectivity index (χ3v) is 2.87. The topological polar surface area (TPSA) is 98.2 Å². The van der Waals surface area contributed by atoms with E-state index < -0.39 is 4.92 Å². The van der Waals surface area contributed by atoms with Crippen molar-refractivity contribution in [1.29, 1.82) is 0 Å². The Morgan fingerprint density at radius 2 is 1.94 bits per heavy atom. The molecule has 0 amide bonds. The van der Waals surface area contributed by atoms with Gasteiger partial charge >= 0.3 is 5.69 Å². The molecule has 0 aliphatic carbocycles. The van der Waals surface area contributed by atoms with Gasteiger partial charge < -0.3 is 10.6 Å². The van der Waals surface area contributed by atoms with E-state index in [1.165, 1.54) is 19.0 Å². The van der Waals surface area contributed by atoms with Crippen LogP contribution in [0.25, 0.3) is 0 Å². The van der Waals surface area contributed by atoms with Crippen molar-refractivity contribution in [1.82, 2.24) is 9.97 Å². The van der Waals surface area contributed by atoms with E-state index in [1.807, 2.05) is 4.90 Å². The smallest absolute Gasteiger partial charge is 0.329 e. The molecule has 0 radical (unpaired) electrons. The van der Waals surface area contributed by atoms with E-state index in [0.717, 1.165) is 25.9 Å². The monoisotopic (exact) mass is 237 g/mol. The van der Waals surface area contributed by atoms with Gasteiger partial charge in [0.25, 0.3) is 0 Å². The van der Waals surface area contributed by atoms with Gasteiger partial charge in [0.05, 0.1) is 4.92 Å². The van der Waals surface area contributed by atoms with Gasteiger partial charge in [-0.1, -0.05) is 12.8 Å². The Morgan fingerprint density at radius 1 is 1.29 bits per heavy atom. The third-order valence-electron chi connectivity index (χ3n) is 2.87. The number of nitrogen functional groups attached to an aromatic ring is 1. The number of nitrogens with two attached hydrogens (primary N) is 1. The van der Waals surface area contributed by atoms with Crippen LogP contribution in [0, 0.1) is 10.1 Å². The Balaban J connectivity index is 2.21. The van der Waals surface area contributed by atoms with E-state index in [2.05, 4.69) is 9.97 Å². The maximum atomic E-state index is 10.6. The molecule has 1 fully saturated rings. The van der Waals surface area contributed by atoms with Gasteiger partial charge in [-0.15, -0.1) is 0 Å². The molecule has 7 heteroatoms. The number of nitrogens with zero attached hydrogens (tertiary/aromatic N) is 4. The van der Waals surface area contributed by atoms with Crippen LogP contribution >= 0.6 is 0 Å². The third kappa shape index (κ3) is 2.61. The van der Waals surface area contributed by atoms with Crippen molar-refractivity contribution >= 4 is 17.5 Å². The minimum atomic E-state index is -0.568. The molecule has 92 valence electrons. The molecule has 2 N–H and O–H groups in total. The molecule has 17 heavy (non-hydrogen) atoms. The van der Waals surface area contributed by atoms with Gasteiger partial charge in [-0.05, 0) is 12.8 Å². The van der Waals surface area contributed by atoms with Crippen LogP contribution in [0.3, 0.4) is 0 Å². The molecule has 1 aliphatic heterocycles. The zero-order valence-electron chi connectivity index (χ0n) is 9.50. The number of nitro groups is 1. The minimum absolute atomic E-state index is 0.0655. The molecule has 1 aromatic heterocycles. The molecule has 0 bridgehead atoms. The van der Waals surface area contributed by atoms with E-state index in [1.54, 1.807) is 0 Å². The highest BCUT2D eigenvalue weighted by atomic mass is 16.6. The van der Waals surface area contributed by atoms with Crippen molar-refractivity contribution in [3.05, 3.63) is 16.3 Å². The Kier molecular flexibility index (Phi) is 3.36. The summed E-state index contributed by atoms with van der Waals surface area (Å²) in [6, 6.07) is 0. The fourth-order valence-electron chi connectivity index (χ4n) is 1.94. The fraction of sp³-hybridized carbons (Fsp3) is 0.600. The van der Waals surface area contributed by atoms with Crippen molar-refractivity contribution in [3.8, 4) is 0 Å². The number of hydrogen-bond acceptors (Lipinski definition) is 6. The predicted octanol–water partition coefficient (Wildman–Crippen LogP) is 1.35. The summed E-state index contributed by atoms with van der Waals surface area (Å²) in [5.41, 5.74) is 5.32. The molecule has 1 saturated heterocycles. The van der Waals surface area contributed by atoms with E-state index in [9.17, 15) is 10.1 Å². The van der Waals surface area contributed by atoms with Gasteiger partial charge in [0.1, 0.15) is 6.20 Å². The lowest BCUT2D eigenvalue weighted by molar-refractivity contribution is -0.384. The summed E-state index contributed by atoms with van der Waals surface area (Å²) >= 11 is 0. The second-order valence-corrected chi connectivity index (χ2v) is 4.10. The second kappa shape index (κ2) is 4.94. The lowest BCUT2D eigenvalue weighted by Gasteiger charge is -2.19. The zero-order valence-corrected chi connectivity index (χ0v) is 9.50. The average Bonchev–Trinajstić information content (AvgIpc) is 2.56. The Hall–Kier alpha value is -1.92. The van der Waals surface area contributed by atoms with Gasteiger partial charge in [-0.3, -0.25) is 10.1 Å². The molecule has 2 heterocycles. The number of rotatable bonds is 2. The summed E-state index contributed by atoms with van der Waals surface area (Å²) in [5, 5.41) is 10.6. The van der Waals surface area contributed by atoms with Crippen LogP contribution in [0.15, 0.2) is 6.20 Å². The number of hydrogen-bond donors (Lipinski definition) is 1. The first-order chi connectivity index (χ1) is 8.18. The predicted molar refractivity (Wildman–Crippen MR) is 63.8 cm³/mol. The van der Waals surface area contributed by atoms with Gasteiger partial charge in [-0.25, -0.2) is 4.98 Å². The standard InChI is InChI=1S/C10H15N5O2/c11-9-8(15(16)17)7-12-10(13-9)14-5-3-1-2-4-6-14/h7H,1-6H2,(H2,11,12,13). The summed E-state index contributed by atoms with van der Waals surface area (Å²) in [6.07, 6.45) is 5.79. The van der Waals surface area contributed by atoms with E-state index in [-0.39, 0.29) is 11.5 Å². The molecule has 1 aromatic rings. The molecule has 0 spiro atoms. The highest BCUT2D eigenvalue weighted by molar-refractivity contribution is 5.53. The van der Waals surface area contributed by atoms with E-state index in [4.69, 9.17) is 5.73 Å². The van der Waals surface area contributed by atoms with Crippen LogP contribution in [-0.4, -0.2) is 28.0 Å². The highest BCUT2D eigenvalue weighted by Crippen LogP contribution is 2.21. The Morgan fingerprint density at radius 3 is 2.47 bits per heavy atom. The summed E-state index contributed by atoms with van der Waals surface area (Å²) in [5.74, 6) is 0.430. The van der Waals surface area contributed by atoms with Crippen LogP contribution in [0.2, 0.25) is 0 Å². The summed E-state index contributed by atoms with van der Waals surface area (Å²) in [7, 11) is 0. The van der Waals surface area contributed by atoms with Gasteiger partial charge in [0, 0.05) is 13.1 Å². The first-order valence-electron chi connectivity index (χ1n) is 5.70. The molecular weight excluding hydrogens is 222 g/mol. The maximum absolute atomic E-state index is 10.6. The highest BCUT2D eigenvalue weighted by Gasteiger charge is 2.18. The van der Waals surface area contributed by atoms with Crippen LogP contribution in [0.4, 0.5) is 17.5 Å². The zero-order chi connectivity index (χ0) is 12.3. The van der Waals surface area contributed by atoms with E-state index in [0.29, 0.717) is 5.95 Å². The molecule has 0 atom stereocenters.